The van der Waals surface area contributed by atoms with Gasteiger partial charge in [0.1, 0.15) is 17.9 Å². The van der Waals surface area contributed by atoms with E-state index in [1.807, 2.05) is 84.6 Å². The van der Waals surface area contributed by atoms with Gasteiger partial charge < -0.3 is 19.5 Å². The topological polar surface area (TPSA) is 122 Å². The summed E-state index contributed by atoms with van der Waals surface area (Å²) in [7, 11) is 0. The number of aromatic carboxylic acids is 1. The molecule has 10 heteroatoms. The quantitative estimate of drug-likeness (QED) is 0.143. The highest BCUT2D eigenvalue weighted by Gasteiger charge is 2.27. The van der Waals surface area contributed by atoms with Crippen LogP contribution in [-0.4, -0.2) is 45.9 Å². The standard InChI is InChI=1S/C39H38N4O5S/c1-24-28(9-5-12-33(24)48-27-16-14-25(15-17-27)7-6-22-44)29-18-19-35(41-36(29)38(46)47)43-21-20-26-8-4-10-30(31(26)23-43)37(45)42-39-40-32-11-2-3-13-34(32)49-39/h2-5,8-13,18-19,22,25,27H,6-7,14-17,20-21,23H2,1H3,(H,46,47)(H,40,42,45). The zero-order chi connectivity index (χ0) is 33.9. The van der Waals surface area contributed by atoms with Crippen molar-refractivity contribution in [2.24, 2.45) is 5.92 Å². The maximum atomic E-state index is 13.5. The number of amides is 1. The predicted octanol–water partition coefficient (Wildman–Crippen LogP) is 8.10. The van der Waals surface area contributed by atoms with Crippen LogP contribution in [0, 0.1) is 12.8 Å². The maximum absolute atomic E-state index is 13.5. The minimum Gasteiger partial charge on any atom is -0.490 e. The molecule has 1 aliphatic heterocycles. The van der Waals surface area contributed by atoms with Gasteiger partial charge in [0.25, 0.3) is 5.91 Å². The molecule has 1 amide bonds. The summed E-state index contributed by atoms with van der Waals surface area (Å²) in [6.45, 7) is 3.02. The normalized spacial score (nSPS) is 17.4. The van der Waals surface area contributed by atoms with Gasteiger partial charge in [-0.1, -0.05) is 47.7 Å². The van der Waals surface area contributed by atoms with Crippen molar-refractivity contribution in [3.8, 4) is 16.9 Å². The molecule has 2 aromatic heterocycles. The molecule has 0 saturated heterocycles. The van der Waals surface area contributed by atoms with Crippen molar-refractivity contribution < 1.29 is 24.2 Å². The van der Waals surface area contributed by atoms with Gasteiger partial charge in [0.05, 0.1) is 16.3 Å². The van der Waals surface area contributed by atoms with Crippen LogP contribution in [0.3, 0.4) is 0 Å². The minimum absolute atomic E-state index is 0.0268. The van der Waals surface area contributed by atoms with Gasteiger partial charge in [-0.05, 0) is 110 Å². The molecule has 2 aliphatic rings. The van der Waals surface area contributed by atoms with E-state index in [2.05, 4.69) is 15.3 Å². The number of carboxylic acids is 1. The molecule has 0 unspecified atom stereocenters. The number of hydrogen-bond acceptors (Lipinski definition) is 8. The number of carbonyl (C=O) groups excluding carboxylic acids is 2. The summed E-state index contributed by atoms with van der Waals surface area (Å²) >= 11 is 1.43. The Bertz CT molecular complexity index is 2000. The highest BCUT2D eigenvalue weighted by molar-refractivity contribution is 7.22. The molecule has 9 nitrogen and oxygen atoms in total. The molecular formula is C39H38N4O5S. The van der Waals surface area contributed by atoms with E-state index in [0.717, 1.165) is 76.6 Å². The summed E-state index contributed by atoms with van der Waals surface area (Å²) in [5.74, 6) is 0.533. The van der Waals surface area contributed by atoms with E-state index in [-0.39, 0.29) is 17.7 Å². The number of nitrogens with one attached hydrogen (secondary N) is 1. The molecular weight excluding hydrogens is 637 g/mol. The van der Waals surface area contributed by atoms with E-state index in [4.69, 9.17) is 4.74 Å². The van der Waals surface area contributed by atoms with Crippen molar-refractivity contribution in [1.82, 2.24) is 9.97 Å². The van der Waals surface area contributed by atoms with Crippen molar-refractivity contribution in [2.45, 2.75) is 64.5 Å². The van der Waals surface area contributed by atoms with E-state index in [1.54, 1.807) is 0 Å². The fourth-order valence-corrected chi connectivity index (χ4v) is 8.00. The number of para-hydroxylation sites is 1. The second-order valence-electron chi connectivity index (χ2n) is 12.9. The van der Waals surface area contributed by atoms with Gasteiger partial charge in [-0.2, -0.15) is 0 Å². The number of carbonyl (C=O) groups is 3. The molecule has 2 N–H and O–H groups in total. The Balaban J connectivity index is 1.10. The van der Waals surface area contributed by atoms with Gasteiger partial charge in [-0.3, -0.25) is 10.1 Å². The number of aromatic nitrogens is 2. The second kappa shape index (κ2) is 14.2. The van der Waals surface area contributed by atoms with Crippen LogP contribution >= 0.6 is 11.3 Å². The second-order valence-corrected chi connectivity index (χ2v) is 13.9. The van der Waals surface area contributed by atoms with Gasteiger partial charge in [-0.25, -0.2) is 14.8 Å². The largest absolute Gasteiger partial charge is 0.490 e. The SMILES string of the molecule is Cc1c(OC2CCC(CCC=O)CC2)cccc1-c1ccc(N2CCc3cccc(C(=O)Nc4nc5ccccc5s4)c3C2)nc1C(=O)O. The van der Waals surface area contributed by atoms with E-state index >= 15 is 0 Å². The number of pyridine rings is 1. The average molecular weight is 675 g/mol. The lowest BCUT2D eigenvalue weighted by Gasteiger charge is -2.31. The molecule has 0 bridgehead atoms. The average Bonchev–Trinajstić information content (AvgIpc) is 3.54. The molecule has 0 atom stereocenters. The Hall–Kier alpha value is -5.09. The van der Waals surface area contributed by atoms with Gasteiger partial charge in [0, 0.05) is 30.6 Å². The van der Waals surface area contributed by atoms with E-state index in [0.29, 0.717) is 53.9 Å². The van der Waals surface area contributed by atoms with Crippen molar-refractivity contribution in [1.29, 1.82) is 0 Å². The lowest BCUT2D eigenvalue weighted by atomic mass is 9.84. The number of carboxylic acid groups (broad SMARTS) is 1. The summed E-state index contributed by atoms with van der Waals surface area (Å²) in [4.78, 5) is 48.2. The molecule has 3 aromatic carbocycles. The summed E-state index contributed by atoms with van der Waals surface area (Å²) in [5, 5.41) is 13.9. The molecule has 1 saturated carbocycles. The Morgan fingerprint density at radius 1 is 0.980 bits per heavy atom. The van der Waals surface area contributed by atoms with E-state index in [1.165, 1.54) is 11.3 Å². The van der Waals surface area contributed by atoms with Gasteiger partial charge in [0.2, 0.25) is 0 Å². The molecule has 3 heterocycles. The highest BCUT2D eigenvalue weighted by atomic mass is 32.1. The number of nitrogens with zero attached hydrogens (tertiary/aromatic N) is 3. The van der Waals surface area contributed by atoms with Crippen molar-refractivity contribution in [3.05, 3.63) is 101 Å². The van der Waals surface area contributed by atoms with Gasteiger partial charge in [0.15, 0.2) is 10.8 Å². The molecule has 49 heavy (non-hydrogen) atoms. The number of thiazole rings is 1. The van der Waals surface area contributed by atoms with Gasteiger partial charge >= 0.3 is 5.97 Å². The number of benzene rings is 3. The van der Waals surface area contributed by atoms with Crippen molar-refractivity contribution in [3.63, 3.8) is 0 Å². The highest BCUT2D eigenvalue weighted by Crippen LogP contribution is 2.37. The lowest BCUT2D eigenvalue weighted by Crippen LogP contribution is -2.33. The smallest absolute Gasteiger partial charge is 0.355 e. The molecule has 5 aromatic rings. The first kappa shape index (κ1) is 32.5. The Morgan fingerprint density at radius 3 is 2.59 bits per heavy atom. The van der Waals surface area contributed by atoms with Crippen molar-refractivity contribution in [2.75, 3.05) is 16.8 Å². The summed E-state index contributed by atoms with van der Waals surface area (Å²) in [5.41, 5.74) is 5.54. The van der Waals surface area contributed by atoms with Crippen LogP contribution in [0.1, 0.15) is 76.1 Å². The molecule has 0 spiro atoms. The molecule has 1 fully saturated rings. The van der Waals surface area contributed by atoms with Crippen LogP contribution in [0.2, 0.25) is 0 Å². The number of aldehydes is 1. The number of hydrogen-bond donors (Lipinski definition) is 2. The van der Waals surface area contributed by atoms with E-state index < -0.39 is 5.97 Å². The third kappa shape index (κ3) is 6.91. The van der Waals surface area contributed by atoms with Crippen LogP contribution in [0.5, 0.6) is 5.75 Å². The third-order valence-electron chi connectivity index (χ3n) is 9.79. The fraction of sp³-hybridized carbons (Fsp3) is 0.308. The van der Waals surface area contributed by atoms with Crippen LogP contribution in [-0.2, 0) is 17.8 Å². The van der Waals surface area contributed by atoms with E-state index in [9.17, 15) is 19.5 Å². The first-order chi connectivity index (χ1) is 23.9. The zero-order valence-electron chi connectivity index (χ0n) is 27.4. The van der Waals surface area contributed by atoms with Crippen LogP contribution < -0.4 is 15.0 Å². The van der Waals surface area contributed by atoms with Crippen LogP contribution in [0.25, 0.3) is 21.3 Å². The molecule has 7 rings (SSSR count). The van der Waals surface area contributed by atoms with Gasteiger partial charge in [-0.15, -0.1) is 0 Å². The lowest BCUT2D eigenvalue weighted by molar-refractivity contribution is -0.108. The number of fused-ring (bicyclic) bond motifs is 2. The predicted molar refractivity (Wildman–Crippen MR) is 192 cm³/mol. The summed E-state index contributed by atoms with van der Waals surface area (Å²) < 4.78 is 7.46. The molecule has 0 radical (unpaired) electrons. The number of ether oxygens (including phenoxy) is 1. The molecule has 1 aliphatic carbocycles. The van der Waals surface area contributed by atoms with Crippen LogP contribution in [0.15, 0.2) is 72.8 Å². The zero-order valence-corrected chi connectivity index (χ0v) is 28.2. The number of anilines is 2. The number of rotatable bonds is 10. The maximum Gasteiger partial charge on any atom is 0.355 e. The fourth-order valence-electron chi connectivity index (χ4n) is 7.14. The Morgan fingerprint density at radius 2 is 1.80 bits per heavy atom. The summed E-state index contributed by atoms with van der Waals surface area (Å²) in [6.07, 6.45) is 7.31. The first-order valence-electron chi connectivity index (χ1n) is 16.8. The summed E-state index contributed by atoms with van der Waals surface area (Å²) in [6, 6.07) is 23.0. The van der Waals surface area contributed by atoms with Crippen LogP contribution in [0.4, 0.5) is 10.9 Å². The Labute approximate surface area is 289 Å². The van der Waals surface area contributed by atoms with Crippen molar-refractivity contribution >= 4 is 50.7 Å². The molecule has 250 valence electrons. The Kier molecular flexibility index (Phi) is 9.39. The first-order valence-corrected chi connectivity index (χ1v) is 17.7. The third-order valence-corrected chi connectivity index (χ3v) is 10.7. The monoisotopic (exact) mass is 674 g/mol. The minimum atomic E-state index is -1.11.